The fourth-order valence-electron chi connectivity index (χ4n) is 0.511. The molecule has 0 unspecified atom stereocenters. The number of hydrogen-bond donors (Lipinski definition) is 0. The molecule has 0 N–H and O–H groups in total. The van der Waals surface area contributed by atoms with Crippen molar-refractivity contribution in [3.8, 4) is 11.1 Å². The van der Waals surface area contributed by atoms with E-state index in [1.54, 1.807) is 6.08 Å². The maximum Gasteiger partial charge on any atom is 0.327 e. The van der Waals surface area contributed by atoms with Gasteiger partial charge in [0.1, 0.15) is 8.07 Å². The van der Waals surface area contributed by atoms with Crippen LogP contribution in [-0.2, 0) is 0 Å². The zero-order valence-corrected chi connectivity index (χ0v) is 11.3. The van der Waals surface area contributed by atoms with E-state index < -0.39 is 14.8 Å². The van der Waals surface area contributed by atoms with Crippen LogP contribution in [-0.4, -0.2) is 14.8 Å². The molecule has 0 saturated carbocycles. The van der Waals surface area contributed by atoms with Crippen LogP contribution in [0.4, 0.5) is 0 Å². The molecule has 0 rings (SSSR count). The fraction of sp³-hybridized carbons (Fsp3) is 0.500. The number of rotatable bonds is 2. The molecule has 0 radical (unpaired) electrons. The van der Waals surface area contributed by atoms with Crippen LogP contribution in [0, 0.1) is 11.1 Å². The van der Waals surface area contributed by atoms with Gasteiger partial charge >= 0.3 is 6.69 Å². The molecule has 0 heterocycles. The van der Waals surface area contributed by atoms with E-state index in [2.05, 4.69) is 37.3 Å². The van der Waals surface area contributed by atoms with Gasteiger partial charge in [0.05, 0.1) is 0 Å². The molecule has 0 fully saturated rings. The third kappa shape index (κ3) is 6.99. The molecule has 0 bridgehead atoms. The van der Waals surface area contributed by atoms with Gasteiger partial charge in [-0.25, -0.2) is 0 Å². The average molecular weight is 237 g/mol. The highest BCUT2D eigenvalue weighted by Crippen LogP contribution is 2.19. The van der Waals surface area contributed by atoms with E-state index in [0.29, 0.717) is 6.04 Å². The predicted molar refractivity (Wildman–Crippen MR) is 63.6 cm³/mol. The quantitative estimate of drug-likeness (QED) is 0.298. The van der Waals surface area contributed by atoms with E-state index in [-0.39, 0.29) is 0 Å². The van der Waals surface area contributed by atoms with Crippen molar-refractivity contribution in [1.29, 1.82) is 0 Å². The van der Waals surface area contributed by atoms with Crippen molar-refractivity contribution in [2.45, 2.75) is 25.7 Å². The standard InChI is InChI=1S/C8H14Cl2Si2/c1-5-6-12(9,10)8-7-11(2,3)4/h5H,1,6H2,2-4H3. The molecule has 0 aliphatic carbocycles. The summed E-state index contributed by atoms with van der Waals surface area (Å²) >= 11 is 12.0. The smallest absolute Gasteiger partial charge is 0.136 e. The van der Waals surface area contributed by atoms with Crippen LogP contribution < -0.4 is 0 Å². The fourth-order valence-corrected chi connectivity index (χ4v) is 4.71. The molecule has 0 spiro atoms. The van der Waals surface area contributed by atoms with Gasteiger partial charge in [-0.2, -0.15) is 0 Å². The Balaban J connectivity index is 4.37. The molecular weight excluding hydrogens is 223 g/mol. The number of hydrogen-bond acceptors (Lipinski definition) is 0. The van der Waals surface area contributed by atoms with Gasteiger partial charge in [0.15, 0.2) is 0 Å². The van der Waals surface area contributed by atoms with Crippen LogP contribution in [0.3, 0.4) is 0 Å². The Bertz CT molecular complexity index is 217. The van der Waals surface area contributed by atoms with Gasteiger partial charge in [0.25, 0.3) is 0 Å². The zero-order valence-electron chi connectivity index (χ0n) is 7.75. The van der Waals surface area contributed by atoms with Gasteiger partial charge in [0, 0.05) is 0 Å². The molecular formula is C8H14Cl2Si2. The molecule has 12 heavy (non-hydrogen) atoms. The molecule has 0 aromatic heterocycles. The average Bonchev–Trinajstić information content (AvgIpc) is 1.83. The summed E-state index contributed by atoms with van der Waals surface area (Å²) in [5.74, 6) is 0. The summed E-state index contributed by atoms with van der Waals surface area (Å²) in [4.78, 5) is 0. The van der Waals surface area contributed by atoms with Gasteiger partial charge in [-0.15, -0.1) is 39.8 Å². The summed E-state index contributed by atoms with van der Waals surface area (Å²) in [6.45, 7) is 7.80. The Kier molecular flexibility index (Phi) is 4.64. The van der Waals surface area contributed by atoms with E-state index in [1.807, 2.05) is 0 Å². The highest BCUT2D eigenvalue weighted by atomic mass is 35.7. The van der Waals surface area contributed by atoms with E-state index in [0.717, 1.165) is 0 Å². The summed E-state index contributed by atoms with van der Waals surface area (Å²) in [7, 11) is -1.33. The van der Waals surface area contributed by atoms with E-state index in [1.165, 1.54) is 0 Å². The van der Waals surface area contributed by atoms with Crippen LogP contribution >= 0.6 is 22.2 Å². The Morgan fingerprint density at radius 2 is 1.75 bits per heavy atom. The molecule has 0 aromatic carbocycles. The van der Waals surface area contributed by atoms with Crippen LogP contribution in [0.15, 0.2) is 12.7 Å². The first-order valence-electron chi connectivity index (χ1n) is 3.80. The third-order valence-corrected chi connectivity index (χ3v) is 4.93. The number of allylic oxidation sites excluding steroid dienone is 1. The highest BCUT2D eigenvalue weighted by molar-refractivity contribution is 7.49. The van der Waals surface area contributed by atoms with E-state index >= 15 is 0 Å². The minimum Gasteiger partial charge on any atom is -0.136 e. The molecule has 0 aromatic rings. The molecule has 0 saturated heterocycles. The van der Waals surface area contributed by atoms with Crippen LogP contribution in [0.25, 0.3) is 0 Å². The Morgan fingerprint density at radius 1 is 1.25 bits per heavy atom. The first-order valence-corrected chi connectivity index (χ1v) is 11.5. The summed E-state index contributed by atoms with van der Waals surface area (Å²) in [6, 6.07) is 0.646. The maximum atomic E-state index is 6.02. The topological polar surface area (TPSA) is 0 Å². The largest absolute Gasteiger partial charge is 0.327 e. The lowest BCUT2D eigenvalue weighted by molar-refractivity contribution is 1.71. The van der Waals surface area contributed by atoms with Crippen molar-refractivity contribution >= 4 is 36.9 Å². The minimum atomic E-state index is -2.31. The molecule has 0 amide bonds. The van der Waals surface area contributed by atoms with Crippen molar-refractivity contribution < 1.29 is 0 Å². The van der Waals surface area contributed by atoms with Crippen molar-refractivity contribution in [1.82, 2.24) is 0 Å². The zero-order chi connectivity index (χ0) is 9.83. The summed E-state index contributed by atoms with van der Waals surface area (Å²) in [6.07, 6.45) is 1.74. The Morgan fingerprint density at radius 3 is 2.08 bits per heavy atom. The Hall–Kier alpha value is 0.314. The molecule has 0 nitrogen and oxygen atoms in total. The highest BCUT2D eigenvalue weighted by Gasteiger charge is 2.24. The SMILES string of the molecule is C=CC[Si](Cl)(Cl)C#C[Si](C)(C)C. The molecule has 0 aliphatic rings. The Labute approximate surface area is 86.4 Å². The van der Waals surface area contributed by atoms with Gasteiger partial charge < -0.3 is 0 Å². The first-order chi connectivity index (χ1) is 5.27. The molecule has 0 aliphatic heterocycles. The normalized spacial score (nSPS) is 11.8. The van der Waals surface area contributed by atoms with Crippen LogP contribution in [0.2, 0.25) is 25.7 Å². The van der Waals surface area contributed by atoms with E-state index in [4.69, 9.17) is 22.2 Å². The predicted octanol–water partition coefficient (Wildman–Crippen LogP) is 3.51. The number of halogens is 2. The van der Waals surface area contributed by atoms with Crippen LogP contribution in [0.1, 0.15) is 0 Å². The molecule has 68 valence electrons. The lowest BCUT2D eigenvalue weighted by Gasteiger charge is -2.08. The monoisotopic (exact) mass is 236 g/mol. The summed E-state index contributed by atoms with van der Waals surface area (Å²) < 4.78 is 0. The van der Waals surface area contributed by atoms with Gasteiger partial charge in [-0.05, 0) is 6.04 Å². The van der Waals surface area contributed by atoms with Gasteiger partial charge in [0.2, 0.25) is 0 Å². The molecule has 4 heteroatoms. The van der Waals surface area contributed by atoms with Crippen molar-refractivity contribution in [2.75, 3.05) is 0 Å². The second-order valence-electron chi connectivity index (χ2n) is 3.70. The second-order valence-corrected chi connectivity index (χ2v) is 15.0. The third-order valence-electron chi connectivity index (χ3n) is 1.02. The van der Waals surface area contributed by atoms with Crippen LogP contribution in [0.5, 0.6) is 0 Å². The summed E-state index contributed by atoms with van der Waals surface area (Å²) in [5.41, 5.74) is 6.20. The summed E-state index contributed by atoms with van der Waals surface area (Å²) in [5, 5.41) is 0. The van der Waals surface area contributed by atoms with Crippen molar-refractivity contribution in [2.24, 2.45) is 0 Å². The van der Waals surface area contributed by atoms with E-state index in [9.17, 15) is 0 Å². The molecule has 0 atom stereocenters. The lowest BCUT2D eigenvalue weighted by atomic mass is 10.8. The first kappa shape index (κ1) is 12.3. The van der Waals surface area contributed by atoms with Gasteiger partial charge in [-0.1, -0.05) is 25.7 Å². The second kappa shape index (κ2) is 4.52. The van der Waals surface area contributed by atoms with Crippen molar-refractivity contribution in [3.05, 3.63) is 12.7 Å². The van der Waals surface area contributed by atoms with Gasteiger partial charge in [-0.3, -0.25) is 0 Å². The lowest BCUT2D eigenvalue weighted by Crippen LogP contribution is -2.21. The minimum absolute atomic E-state index is 0.646. The maximum absolute atomic E-state index is 6.02. The van der Waals surface area contributed by atoms with Crippen molar-refractivity contribution in [3.63, 3.8) is 0 Å².